The lowest BCUT2D eigenvalue weighted by atomic mass is 10.1. The van der Waals surface area contributed by atoms with E-state index in [0.29, 0.717) is 24.5 Å². The number of aliphatic carboxylic acids is 1. The van der Waals surface area contributed by atoms with Crippen LogP contribution < -0.4 is 14.9 Å². The molecule has 0 aromatic heterocycles. The predicted molar refractivity (Wildman–Crippen MR) is 136 cm³/mol. The summed E-state index contributed by atoms with van der Waals surface area (Å²) in [5.74, 6) is -3.68. The van der Waals surface area contributed by atoms with Gasteiger partial charge in [-0.1, -0.05) is 18.2 Å². The zero-order valence-corrected chi connectivity index (χ0v) is 22.0. The van der Waals surface area contributed by atoms with Crippen molar-refractivity contribution < 1.29 is 45.8 Å². The lowest BCUT2D eigenvalue weighted by molar-refractivity contribution is -0.192. The lowest BCUT2D eigenvalue weighted by Gasteiger charge is -2.31. The van der Waals surface area contributed by atoms with Crippen LogP contribution in [-0.2, 0) is 24.3 Å². The van der Waals surface area contributed by atoms with E-state index in [9.17, 15) is 31.2 Å². The van der Waals surface area contributed by atoms with Crippen LogP contribution in [0.5, 0.6) is 0 Å². The summed E-state index contributed by atoms with van der Waals surface area (Å²) in [4.78, 5) is 36.9. The quantitative estimate of drug-likeness (QED) is 0.404. The predicted octanol–water partition coefficient (Wildman–Crippen LogP) is 2.17. The Morgan fingerprint density at radius 2 is 1.69 bits per heavy atom. The van der Waals surface area contributed by atoms with Crippen LogP contribution in [0.2, 0.25) is 0 Å². The van der Waals surface area contributed by atoms with Crippen LogP contribution in [0, 0.1) is 0 Å². The number of carboxylic acid groups (broad SMARTS) is 1. The van der Waals surface area contributed by atoms with E-state index in [-0.39, 0.29) is 23.6 Å². The smallest absolute Gasteiger partial charge is 0.475 e. The first-order chi connectivity index (χ1) is 18.3. The number of esters is 1. The van der Waals surface area contributed by atoms with Crippen LogP contribution in [0.25, 0.3) is 0 Å². The molecule has 0 radical (unpaired) electrons. The number of carboxylic acids is 1. The lowest BCUT2D eigenvalue weighted by Crippen LogP contribution is -2.43. The zero-order valence-electron chi connectivity index (χ0n) is 21.2. The van der Waals surface area contributed by atoms with Crippen LogP contribution in [-0.4, -0.2) is 88.8 Å². The van der Waals surface area contributed by atoms with Gasteiger partial charge in [0.05, 0.1) is 22.9 Å². The third kappa shape index (κ3) is 9.44. The summed E-state index contributed by atoms with van der Waals surface area (Å²) >= 11 is 0. The normalized spacial score (nSPS) is 13.5. The number of carbonyl (C=O) groups is 3. The van der Waals surface area contributed by atoms with Gasteiger partial charge in [-0.2, -0.15) is 13.2 Å². The Hall–Kier alpha value is -3.85. The molecule has 1 saturated heterocycles. The van der Waals surface area contributed by atoms with Crippen molar-refractivity contribution in [3.63, 3.8) is 0 Å². The Morgan fingerprint density at radius 3 is 2.23 bits per heavy atom. The number of hydrogen-bond donors (Lipinski definition) is 3. The third-order valence-electron chi connectivity index (χ3n) is 5.26. The molecule has 0 atom stereocenters. The minimum absolute atomic E-state index is 0.127. The molecule has 214 valence electrons. The largest absolute Gasteiger partial charge is 0.490 e. The Morgan fingerprint density at radius 1 is 1.10 bits per heavy atom. The minimum Gasteiger partial charge on any atom is -0.475 e. The summed E-state index contributed by atoms with van der Waals surface area (Å²) in [6, 6.07) is 12.9. The molecule has 1 amide bonds. The number of carbonyl (C=O) groups excluding carboxylic acids is 2. The molecule has 2 aromatic rings. The number of nitrogens with one attached hydrogen (secondary N) is 2. The van der Waals surface area contributed by atoms with Crippen molar-refractivity contribution in [2.45, 2.75) is 18.0 Å². The SMILES string of the molecule is CCOC(=O)CN(C)C(=O)c1ccc(N2CCNCC2)c(NS(=O)(=O)c2ccccc2)c1.O=C(O)C(F)(F)F. The Bertz CT molecular complexity index is 1250. The maximum Gasteiger partial charge on any atom is 0.490 e. The summed E-state index contributed by atoms with van der Waals surface area (Å²) in [5.41, 5.74) is 1.27. The van der Waals surface area contributed by atoms with Crippen LogP contribution in [0.1, 0.15) is 17.3 Å². The van der Waals surface area contributed by atoms with Crippen LogP contribution in [0.4, 0.5) is 24.5 Å². The number of piperazine rings is 1. The second-order valence-electron chi connectivity index (χ2n) is 8.16. The van der Waals surface area contributed by atoms with Gasteiger partial charge in [0.2, 0.25) is 0 Å². The van der Waals surface area contributed by atoms with E-state index in [2.05, 4.69) is 14.9 Å². The molecule has 1 aliphatic rings. The highest BCUT2D eigenvalue weighted by atomic mass is 32.2. The fourth-order valence-electron chi connectivity index (χ4n) is 3.43. The minimum atomic E-state index is -5.08. The summed E-state index contributed by atoms with van der Waals surface area (Å²) in [6.07, 6.45) is -5.08. The van der Waals surface area contributed by atoms with Crippen molar-refractivity contribution in [3.8, 4) is 0 Å². The number of alkyl halides is 3. The molecule has 0 saturated carbocycles. The van der Waals surface area contributed by atoms with Crippen molar-refractivity contribution in [2.24, 2.45) is 0 Å². The highest BCUT2D eigenvalue weighted by Crippen LogP contribution is 2.30. The van der Waals surface area contributed by atoms with Crippen molar-refractivity contribution in [1.82, 2.24) is 10.2 Å². The fraction of sp³-hybridized carbons (Fsp3) is 0.375. The van der Waals surface area contributed by atoms with Gasteiger partial charge < -0.3 is 25.0 Å². The Kier molecular flexibility index (Phi) is 11.1. The second kappa shape index (κ2) is 13.8. The maximum atomic E-state index is 13.0. The molecule has 3 N–H and O–H groups in total. The molecule has 39 heavy (non-hydrogen) atoms. The zero-order chi connectivity index (χ0) is 29.2. The van der Waals surface area contributed by atoms with Gasteiger partial charge >= 0.3 is 18.1 Å². The van der Waals surface area contributed by atoms with E-state index in [1.54, 1.807) is 37.3 Å². The molecule has 0 spiro atoms. The van der Waals surface area contributed by atoms with E-state index in [4.69, 9.17) is 14.6 Å². The number of anilines is 2. The van der Waals surface area contributed by atoms with Gasteiger partial charge in [-0.05, 0) is 37.3 Å². The monoisotopic (exact) mass is 574 g/mol. The summed E-state index contributed by atoms with van der Waals surface area (Å²) in [5, 5.41) is 10.4. The number of halogens is 3. The first kappa shape index (κ1) is 31.4. The maximum absolute atomic E-state index is 13.0. The van der Waals surface area contributed by atoms with E-state index in [0.717, 1.165) is 13.1 Å². The highest BCUT2D eigenvalue weighted by molar-refractivity contribution is 7.92. The van der Waals surface area contributed by atoms with Gasteiger partial charge in [-0.15, -0.1) is 0 Å². The molecule has 1 aliphatic heterocycles. The summed E-state index contributed by atoms with van der Waals surface area (Å²) in [7, 11) is -2.36. The average Bonchev–Trinajstić information content (AvgIpc) is 2.89. The number of nitrogens with zero attached hydrogens (tertiary/aromatic N) is 2. The number of benzene rings is 2. The van der Waals surface area contributed by atoms with E-state index >= 15 is 0 Å². The van der Waals surface area contributed by atoms with Gasteiger partial charge in [0.15, 0.2) is 0 Å². The third-order valence-corrected chi connectivity index (χ3v) is 6.64. The van der Waals surface area contributed by atoms with Gasteiger partial charge in [-0.25, -0.2) is 13.2 Å². The summed E-state index contributed by atoms with van der Waals surface area (Å²) < 4.78 is 65.2. The van der Waals surface area contributed by atoms with Crippen LogP contribution in [0.3, 0.4) is 0 Å². The molecule has 15 heteroatoms. The Labute approximate surface area is 223 Å². The van der Waals surface area contributed by atoms with Crippen LogP contribution in [0.15, 0.2) is 53.4 Å². The number of rotatable bonds is 8. The first-order valence-corrected chi connectivity index (χ1v) is 13.1. The first-order valence-electron chi connectivity index (χ1n) is 11.6. The van der Waals surface area contributed by atoms with E-state index in [1.807, 2.05) is 0 Å². The van der Waals surface area contributed by atoms with E-state index in [1.165, 1.54) is 30.1 Å². The standard InChI is InChI=1S/C22H28N4O5S.C2HF3O2/c1-3-31-21(27)16-25(2)22(28)17-9-10-20(26-13-11-23-12-14-26)19(15-17)24-32(29,30)18-7-5-4-6-8-18;3-2(4,5)1(6)7/h4-10,15,23-24H,3,11-14,16H2,1-2H3;(H,6,7). The van der Waals surface area contributed by atoms with Gasteiger partial charge in [0.1, 0.15) is 6.54 Å². The average molecular weight is 575 g/mol. The molecule has 2 aromatic carbocycles. The van der Waals surface area contributed by atoms with Gasteiger partial charge in [0, 0.05) is 38.8 Å². The molecular formula is C24H29F3N4O7S. The fourth-order valence-corrected chi connectivity index (χ4v) is 4.51. The number of likely N-dealkylation sites (N-methyl/N-ethyl adjacent to an activating group) is 1. The molecule has 1 fully saturated rings. The second-order valence-corrected chi connectivity index (χ2v) is 9.84. The molecular weight excluding hydrogens is 545 g/mol. The number of amides is 1. The molecule has 0 aliphatic carbocycles. The Balaban J connectivity index is 0.000000673. The molecule has 0 unspecified atom stereocenters. The molecule has 11 nitrogen and oxygen atoms in total. The molecule has 3 rings (SSSR count). The number of hydrogen-bond acceptors (Lipinski definition) is 8. The van der Waals surface area contributed by atoms with Gasteiger partial charge in [-0.3, -0.25) is 14.3 Å². The van der Waals surface area contributed by atoms with Gasteiger partial charge in [0.25, 0.3) is 15.9 Å². The topological polar surface area (TPSA) is 145 Å². The van der Waals surface area contributed by atoms with Crippen molar-refractivity contribution in [3.05, 3.63) is 54.1 Å². The molecule has 1 heterocycles. The van der Waals surface area contributed by atoms with Crippen LogP contribution >= 0.6 is 0 Å². The van der Waals surface area contributed by atoms with Crippen molar-refractivity contribution in [2.75, 3.05) is 56.0 Å². The number of sulfonamides is 1. The number of ether oxygens (including phenoxy) is 1. The highest BCUT2D eigenvalue weighted by Gasteiger charge is 2.38. The van der Waals surface area contributed by atoms with Crippen molar-refractivity contribution >= 4 is 39.2 Å². The summed E-state index contributed by atoms with van der Waals surface area (Å²) in [6.45, 7) is 4.68. The molecule has 0 bridgehead atoms. The van der Waals surface area contributed by atoms with E-state index < -0.39 is 34.0 Å². The van der Waals surface area contributed by atoms with Crippen molar-refractivity contribution in [1.29, 1.82) is 0 Å².